The van der Waals surface area contributed by atoms with Crippen molar-refractivity contribution in [2.45, 2.75) is 31.5 Å². The number of anilines is 1. The fourth-order valence-corrected chi connectivity index (χ4v) is 2.19. The topological polar surface area (TPSA) is 21.3 Å². The predicted molar refractivity (Wildman–Crippen MR) is 69.5 cm³/mol. The maximum atomic E-state index is 12.8. The van der Waals surface area contributed by atoms with Crippen LogP contribution in [0, 0.1) is 17.3 Å². The van der Waals surface area contributed by atoms with Gasteiger partial charge in [0, 0.05) is 13.0 Å². The molecule has 0 bridgehead atoms. The standard InChI is InChI=1S/C15H14F3NO/c16-15(17,18)14(8-9-14)7-5-11-6-10-19-12-3-1-2-4-13(12)20-11/h1-4,11,19H,6,8-10H2. The van der Waals surface area contributed by atoms with Gasteiger partial charge in [-0.15, -0.1) is 0 Å². The van der Waals surface area contributed by atoms with E-state index in [9.17, 15) is 13.2 Å². The summed E-state index contributed by atoms with van der Waals surface area (Å²) in [4.78, 5) is 0. The molecule has 1 aliphatic carbocycles. The fourth-order valence-electron chi connectivity index (χ4n) is 2.19. The largest absolute Gasteiger partial charge is 0.476 e. The zero-order chi connectivity index (χ0) is 14.2. The monoisotopic (exact) mass is 281 g/mol. The van der Waals surface area contributed by atoms with E-state index < -0.39 is 17.7 Å². The second kappa shape index (κ2) is 4.62. The Morgan fingerprint density at radius 2 is 2.00 bits per heavy atom. The number of ether oxygens (including phenoxy) is 1. The van der Waals surface area contributed by atoms with Gasteiger partial charge in [0.1, 0.15) is 11.2 Å². The number of hydrogen-bond acceptors (Lipinski definition) is 2. The van der Waals surface area contributed by atoms with Gasteiger partial charge in [0.25, 0.3) is 0 Å². The van der Waals surface area contributed by atoms with E-state index in [0.717, 1.165) is 5.69 Å². The van der Waals surface area contributed by atoms with E-state index in [-0.39, 0.29) is 12.8 Å². The SMILES string of the molecule is FC(F)(F)C1(C#CC2CCNc3ccccc3O2)CC1. The van der Waals surface area contributed by atoms with Crippen molar-refractivity contribution in [3.8, 4) is 17.6 Å². The van der Waals surface area contributed by atoms with Gasteiger partial charge in [0.15, 0.2) is 6.10 Å². The molecule has 1 aliphatic heterocycles. The second-order valence-corrected chi connectivity index (χ2v) is 5.17. The van der Waals surface area contributed by atoms with Crippen LogP contribution in [-0.4, -0.2) is 18.8 Å². The molecule has 1 unspecified atom stereocenters. The van der Waals surface area contributed by atoms with Crippen LogP contribution in [0.3, 0.4) is 0 Å². The first-order valence-electron chi connectivity index (χ1n) is 6.59. The Bertz CT molecular complexity index is 566. The first-order chi connectivity index (χ1) is 9.50. The van der Waals surface area contributed by atoms with Crippen molar-refractivity contribution in [3.05, 3.63) is 24.3 Å². The average Bonchev–Trinajstić information content (AvgIpc) is 3.20. The summed E-state index contributed by atoms with van der Waals surface area (Å²) in [5.74, 6) is 5.73. The predicted octanol–water partition coefficient (Wildman–Crippen LogP) is 3.60. The lowest BCUT2D eigenvalue weighted by atomic mass is 10.1. The maximum absolute atomic E-state index is 12.8. The highest BCUT2D eigenvalue weighted by Crippen LogP contribution is 2.57. The molecule has 2 nitrogen and oxygen atoms in total. The molecule has 1 fully saturated rings. The van der Waals surface area contributed by atoms with Crippen LogP contribution in [-0.2, 0) is 0 Å². The van der Waals surface area contributed by atoms with Crippen LogP contribution in [0.4, 0.5) is 18.9 Å². The molecule has 1 aromatic rings. The number of nitrogens with one attached hydrogen (secondary N) is 1. The Morgan fingerprint density at radius 1 is 1.25 bits per heavy atom. The number of para-hydroxylation sites is 2. The van der Waals surface area contributed by atoms with E-state index in [1.807, 2.05) is 18.2 Å². The van der Waals surface area contributed by atoms with E-state index in [4.69, 9.17) is 4.74 Å². The van der Waals surface area contributed by atoms with Crippen LogP contribution in [0.5, 0.6) is 5.75 Å². The van der Waals surface area contributed by atoms with Crippen LogP contribution in [0.2, 0.25) is 0 Å². The Balaban J connectivity index is 1.77. The number of hydrogen-bond donors (Lipinski definition) is 1. The summed E-state index contributed by atoms with van der Waals surface area (Å²) in [5.41, 5.74) is -0.927. The molecule has 1 aromatic carbocycles. The smallest absolute Gasteiger partial charge is 0.405 e. The lowest BCUT2D eigenvalue weighted by Gasteiger charge is -2.14. The summed E-state index contributed by atoms with van der Waals surface area (Å²) in [6.07, 6.45) is -3.96. The van der Waals surface area contributed by atoms with Crippen LogP contribution >= 0.6 is 0 Å². The average molecular weight is 281 g/mol. The lowest BCUT2D eigenvalue weighted by Crippen LogP contribution is -2.24. The number of halogens is 3. The highest BCUT2D eigenvalue weighted by molar-refractivity contribution is 5.57. The van der Waals surface area contributed by atoms with Crippen molar-refractivity contribution in [2.24, 2.45) is 5.41 Å². The number of fused-ring (bicyclic) bond motifs is 1. The summed E-state index contributed by atoms with van der Waals surface area (Å²) in [6, 6.07) is 7.38. The molecule has 3 rings (SSSR count). The summed E-state index contributed by atoms with van der Waals surface area (Å²) >= 11 is 0. The zero-order valence-corrected chi connectivity index (χ0v) is 10.8. The molecular weight excluding hydrogens is 267 g/mol. The van der Waals surface area contributed by atoms with Crippen LogP contribution < -0.4 is 10.1 Å². The fraction of sp³-hybridized carbons (Fsp3) is 0.467. The van der Waals surface area contributed by atoms with Gasteiger partial charge in [-0.1, -0.05) is 24.0 Å². The quantitative estimate of drug-likeness (QED) is 0.734. The minimum absolute atomic E-state index is 0.102. The third-order valence-electron chi connectivity index (χ3n) is 3.64. The van der Waals surface area contributed by atoms with Gasteiger partial charge in [-0.3, -0.25) is 0 Å². The summed E-state index contributed by atoms with van der Waals surface area (Å²) < 4.78 is 44.1. The highest BCUT2D eigenvalue weighted by atomic mass is 19.4. The molecule has 1 heterocycles. The van der Waals surface area contributed by atoms with Crippen molar-refractivity contribution in [1.82, 2.24) is 0 Å². The first kappa shape index (κ1) is 13.2. The van der Waals surface area contributed by atoms with Crippen molar-refractivity contribution >= 4 is 5.69 Å². The normalized spacial score (nSPS) is 23.2. The molecule has 106 valence electrons. The van der Waals surface area contributed by atoms with E-state index in [0.29, 0.717) is 18.7 Å². The molecule has 0 spiro atoms. The zero-order valence-electron chi connectivity index (χ0n) is 10.8. The van der Waals surface area contributed by atoms with E-state index >= 15 is 0 Å². The second-order valence-electron chi connectivity index (χ2n) is 5.17. The van der Waals surface area contributed by atoms with E-state index in [1.54, 1.807) is 6.07 Å². The first-order valence-corrected chi connectivity index (χ1v) is 6.59. The molecule has 0 radical (unpaired) electrons. The molecule has 1 saturated carbocycles. The molecule has 0 amide bonds. The van der Waals surface area contributed by atoms with Gasteiger partial charge in [-0.25, -0.2) is 0 Å². The summed E-state index contributed by atoms with van der Waals surface area (Å²) in [5, 5.41) is 3.18. The maximum Gasteiger partial charge on any atom is 0.405 e. The number of alkyl halides is 3. The van der Waals surface area contributed by atoms with Crippen molar-refractivity contribution in [3.63, 3.8) is 0 Å². The molecular formula is C15H14F3NO. The van der Waals surface area contributed by atoms with Gasteiger partial charge in [-0.2, -0.15) is 13.2 Å². The molecule has 20 heavy (non-hydrogen) atoms. The molecule has 2 aliphatic rings. The molecule has 1 atom stereocenters. The van der Waals surface area contributed by atoms with Crippen molar-refractivity contribution in [1.29, 1.82) is 0 Å². The molecule has 0 saturated heterocycles. The summed E-state index contributed by atoms with van der Waals surface area (Å²) in [6.45, 7) is 0.634. The lowest BCUT2D eigenvalue weighted by molar-refractivity contribution is -0.168. The van der Waals surface area contributed by atoms with Crippen LogP contribution in [0.15, 0.2) is 24.3 Å². The minimum Gasteiger partial charge on any atom is -0.476 e. The van der Waals surface area contributed by atoms with Gasteiger partial charge in [-0.05, 0) is 25.0 Å². The molecule has 0 aromatic heterocycles. The Morgan fingerprint density at radius 3 is 2.70 bits per heavy atom. The van der Waals surface area contributed by atoms with E-state index in [1.165, 1.54) is 0 Å². The Kier molecular flexibility index (Phi) is 3.04. The molecule has 5 heteroatoms. The Hall–Kier alpha value is -1.83. The van der Waals surface area contributed by atoms with Crippen molar-refractivity contribution < 1.29 is 17.9 Å². The summed E-state index contributed by atoms with van der Waals surface area (Å²) in [7, 11) is 0. The van der Waals surface area contributed by atoms with Gasteiger partial charge in [0.05, 0.1) is 5.69 Å². The third kappa shape index (κ3) is 2.43. The third-order valence-corrected chi connectivity index (χ3v) is 3.64. The molecule has 1 N–H and O–H groups in total. The minimum atomic E-state index is -4.24. The van der Waals surface area contributed by atoms with Gasteiger partial charge in [0.2, 0.25) is 0 Å². The Labute approximate surface area is 115 Å². The van der Waals surface area contributed by atoms with Crippen molar-refractivity contribution in [2.75, 3.05) is 11.9 Å². The van der Waals surface area contributed by atoms with Gasteiger partial charge >= 0.3 is 6.18 Å². The van der Waals surface area contributed by atoms with Gasteiger partial charge < -0.3 is 10.1 Å². The number of rotatable bonds is 0. The highest BCUT2D eigenvalue weighted by Gasteiger charge is 2.62. The van der Waals surface area contributed by atoms with E-state index in [2.05, 4.69) is 17.2 Å². The van der Waals surface area contributed by atoms with Crippen LogP contribution in [0.25, 0.3) is 0 Å². The van der Waals surface area contributed by atoms with Crippen LogP contribution in [0.1, 0.15) is 19.3 Å². The number of benzene rings is 1.